The van der Waals surface area contributed by atoms with Crippen molar-refractivity contribution in [3.05, 3.63) is 0 Å². The maximum absolute atomic E-state index is 13.5. The average molecular weight is 445 g/mol. The summed E-state index contributed by atoms with van der Waals surface area (Å²) in [7, 11) is 0. The molecular weight excluding hydrogens is 408 g/mol. The average Bonchev–Trinajstić information content (AvgIpc) is 3.47. The lowest BCUT2D eigenvalue weighted by Crippen LogP contribution is -2.57. The van der Waals surface area contributed by atoms with Gasteiger partial charge in [-0.05, 0) is 50.4 Å². The number of piperidine rings is 2. The zero-order chi connectivity index (χ0) is 22.6. The van der Waals surface area contributed by atoms with Crippen molar-refractivity contribution in [3.8, 4) is 0 Å². The topological polar surface area (TPSA) is 90.0 Å². The lowest BCUT2D eigenvalue weighted by atomic mass is 9.86. The minimum Gasteiger partial charge on any atom is -0.342 e. The number of hydrogen-bond acceptors (Lipinski definition) is 4. The number of hydrogen-bond donors (Lipinski definition) is 1. The van der Waals surface area contributed by atoms with Gasteiger partial charge in [-0.2, -0.15) is 0 Å². The molecule has 3 heterocycles. The Hall–Kier alpha value is -2.12. The highest BCUT2D eigenvalue weighted by Gasteiger charge is 2.58. The molecular formula is C24H36N4O4. The first-order valence-corrected chi connectivity index (χ1v) is 12.6. The maximum Gasteiger partial charge on any atom is 0.325 e. The van der Waals surface area contributed by atoms with E-state index in [0.29, 0.717) is 44.3 Å². The highest BCUT2D eigenvalue weighted by molar-refractivity contribution is 6.07. The Balaban J connectivity index is 1.23. The van der Waals surface area contributed by atoms with E-state index in [1.165, 1.54) is 30.6 Å². The van der Waals surface area contributed by atoms with Gasteiger partial charge in [0.2, 0.25) is 11.8 Å². The molecule has 5 amide bonds. The molecule has 3 atom stereocenters. The zero-order valence-electron chi connectivity index (χ0n) is 19.3. The van der Waals surface area contributed by atoms with Gasteiger partial charge in [0.1, 0.15) is 5.54 Å². The van der Waals surface area contributed by atoms with Crippen molar-refractivity contribution >= 4 is 23.8 Å². The van der Waals surface area contributed by atoms with Crippen molar-refractivity contribution < 1.29 is 19.2 Å². The van der Waals surface area contributed by atoms with Crippen molar-refractivity contribution in [2.75, 3.05) is 26.2 Å². The van der Waals surface area contributed by atoms with Gasteiger partial charge in [-0.15, -0.1) is 0 Å². The van der Waals surface area contributed by atoms with Crippen LogP contribution in [0.3, 0.4) is 0 Å². The molecule has 0 aromatic heterocycles. The molecule has 32 heavy (non-hydrogen) atoms. The van der Waals surface area contributed by atoms with Crippen LogP contribution in [0.4, 0.5) is 4.79 Å². The van der Waals surface area contributed by atoms with Crippen LogP contribution in [0.25, 0.3) is 0 Å². The van der Waals surface area contributed by atoms with E-state index < -0.39 is 5.54 Å². The molecule has 5 aliphatic rings. The van der Waals surface area contributed by atoms with E-state index in [2.05, 4.69) is 5.32 Å². The number of urea groups is 1. The summed E-state index contributed by atoms with van der Waals surface area (Å²) in [5.74, 6) is 1.40. The fraction of sp³-hybridized carbons (Fsp3) is 0.833. The maximum atomic E-state index is 13.5. The summed E-state index contributed by atoms with van der Waals surface area (Å²) in [5.41, 5.74) is -0.900. The third-order valence-corrected chi connectivity index (χ3v) is 8.63. The molecule has 0 aromatic rings. The summed E-state index contributed by atoms with van der Waals surface area (Å²) >= 11 is 0. The van der Waals surface area contributed by atoms with Crippen LogP contribution in [-0.4, -0.2) is 76.2 Å². The first-order valence-electron chi connectivity index (χ1n) is 12.6. The Morgan fingerprint density at radius 2 is 1.59 bits per heavy atom. The third-order valence-electron chi connectivity index (χ3n) is 8.63. The highest BCUT2D eigenvalue weighted by Crippen LogP contribution is 2.56. The van der Waals surface area contributed by atoms with Crippen molar-refractivity contribution in [3.63, 3.8) is 0 Å². The molecule has 8 nitrogen and oxygen atoms in total. The van der Waals surface area contributed by atoms with E-state index in [0.717, 1.165) is 19.4 Å². The van der Waals surface area contributed by atoms with Crippen molar-refractivity contribution in [2.24, 2.45) is 23.7 Å². The van der Waals surface area contributed by atoms with E-state index in [4.69, 9.17) is 0 Å². The first-order chi connectivity index (χ1) is 15.3. The van der Waals surface area contributed by atoms with E-state index >= 15 is 0 Å². The number of rotatable bonds is 3. The molecule has 3 aliphatic heterocycles. The quantitative estimate of drug-likeness (QED) is 0.674. The molecule has 1 spiro atoms. The summed E-state index contributed by atoms with van der Waals surface area (Å²) in [5, 5.41) is 2.97. The standard InChI is InChI=1S/C24H36N4O4/c1-15(2)20(29)26-12-9-24(10-13-26)22(31)28(23(32)25-24)16-6-5-11-27(14-16)21(30)19-17-7-3-4-8-18(17)19/h15-19H,3-14H2,1-2H3,(H,25,32). The van der Waals surface area contributed by atoms with Gasteiger partial charge in [-0.3, -0.25) is 19.3 Å². The summed E-state index contributed by atoms with van der Waals surface area (Å²) in [6, 6.07) is -0.589. The monoisotopic (exact) mass is 444 g/mol. The van der Waals surface area contributed by atoms with Crippen molar-refractivity contribution in [1.82, 2.24) is 20.0 Å². The Kier molecular flexibility index (Phi) is 5.45. The van der Waals surface area contributed by atoms with Crippen LogP contribution >= 0.6 is 0 Å². The number of likely N-dealkylation sites (tertiary alicyclic amines) is 2. The number of amides is 5. The van der Waals surface area contributed by atoms with Crippen LogP contribution < -0.4 is 5.32 Å². The normalized spacial score (nSPS) is 34.0. The van der Waals surface area contributed by atoms with Gasteiger partial charge >= 0.3 is 6.03 Å². The fourth-order valence-corrected chi connectivity index (χ4v) is 6.72. The Morgan fingerprint density at radius 3 is 2.22 bits per heavy atom. The molecule has 0 bridgehead atoms. The zero-order valence-corrected chi connectivity index (χ0v) is 19.3. The van der Waals surface area contributed by atoms with Gasteiger partial charge in [0.25, 0.3) is 5.91 Å². The summed E-state index contributed by atoms with van der Waals surface area (Å²) < 4.78 is 0. The fourth-order valence-electron chi connectivity index (χ4n) is 6.72. The molecule has 5 fully saturated rings. The predicted octanol–water partition coefficient (Wildman–Crippen LogP) is 1.98. The predicted molar refractivity (Wildman–Crippen MR) is 117 cm³/mol. The lowest BCUT2D eigenvalue weighted by Gasteiger charge is -2.39. The minimum atomic E-state index is -0.900. The van der Waals surface area contributed by atoms with Gasteiger partial charge < -0.3 is 15.1 Å². The summed E-state index contributed by atoms with van der Waals surface area (Å²) in [6.45, 7) is 5.91. The lowest BCUT2D eigenvalue weighted by molar-refractivity contribution is -0.142. The van der Waals surface area contributed by atoms with Crippen molar-refractivity contribution in [2.45, 2.75) is 76.8 Å². The van der Waals surface area contributed by atoms with Crippen LogP contribution in [0.5, 0.6) is 0 Å². The van der Waals surface area contributed by atoms with E-state index in [1.807, 2.05) is 18.7 Å². The number of nitrogens with zero attached hydrogens (tertiary/aromatic N) is 3. The van der Waals surface area contributed by atoms with Crippen LogP contribution in [0.2, 0.25) is 0 Å². The molecule has 5 rings (SSSR count). The van der Waals surface area contributed by atoms with Gasteiger partial charge in [-0.1, -0.05) is 26.7 Å². The Morgan fingerprint density at radius 1 is 0.938 bits per heavy atom. The van der Waals surface area contributed by atoms with E-state index in [9.17, 15) is 19.2 Å². The van der Waals surface area contributed by atoms with Gasteiger partial charge in [0, 0.05) is 38.0 Å². The molecule has 1 N–H and O–H groups in total. The number of nitrogens with one attached hydrogen (secondary N) is 1. The molecule has 0 radical (unpaired) electrons. The number of imide groups is 1. The third kappa shape index (κ3) is 3.50. The van der Waals surface area contributed by atoms with Gasteiger partial charge in [0.15, 0.2) is 0 Å². The number of carbonyl (C=O) groups is 4. The second-order valence-corrected chi connectivity index (χ2v) is 10.9. The van der Waals surface area contributed by atoms with Crippen LogP contribution in [0.1, 0.15) is 65.2 Å². The summed E-state index contributed by atoms with van der Waals surface area (Å²) in [6.07, 6.45) is 7.28. The SMILES string of the molecule is CC(C)C(=O)N1CCC2(CC1)NC(=O)N(C1CCCN(C(=O)C3C4CCCCC43)C1)C2=O. The highest BCUT2D eigenvalue weighted by atomic mass is 16.2. The number of carbonyl (C=O) groups excluding carboxylic acids is 4. The van der Waals surface area contributed by atoms with E-state index in [1.54, 1.807) is 4.90 Å². The number of fused-ring (bicyclic) bond motifs is 1. The second kappa shape index (κ2) is 8.03. The van der Waals surface area contributed by atoms with E-state index in [-0.39, 0.29) is 41.6 Å². The van der Waals surface area contributed by atoms with Gasteiger partial charge in [0.05, 0.1) is 6.04 Å². The molecule has 8 heteroatoms. The smallest absolute Gasteiger partial charge is 0.325 e. The van der Waals surface area contributed by atoms with Gasteiger partial charge in [-0.25, -0.2) is 4.79 Å². The molecule has 3 unspecified atom stereocenters. The Bertz CT molecular complexity index is 807. The first kappa shape index (κ1) is 21.7. The minimum absolute atomic E-state index is 0.0736. The van der Waals surface area contributed by atoms with Crippen LogP contribution in [0.15, 0.2) is 0 Å². The molecule has 2 aliphatic carbocycles. The van der Waals surface area contributed by atoms with Crippen molar-refractivity contribution in [1.29, 1.82) is 0 Å². The Labute approximate surface area is 190 Å². The molecule has 3 saturated heterocycles. The molecule has 176 valence electrons. The van der Waals surface area contributed by atoms with Crippen LogP contribution in [0, 0.1) is 23.7 Å². The van der Waals surface area contributed by atoms with Crippen LogP contribution in [-0.2, 0) is 14.4 Å². The molecule has 0 aromatic carbocycles. The molecule has 2 saturated carbocycles. The summed E-state index contributed by atoms with van der Waals surface area (Å²) in [4.78, 5) is 57.0. The second-order valence-electron chi connectivity index (χ2n) is 10.9. The largest absolute Gasteiger partial charge is 0.342 e.